The van der Waals surface area contributed by atoms with Crippen LogP contribution < -0.4 is 15.5 Å². The first-order chi connectivity index (χ1) is 16.5. The van der Waals surface area contributed by atoms with Crippen LogP contribution in [0.3, 0.4) is 0 Å². The Labute approximate surface area is 201 Å². The molecule has 0 saturated carbocycles. The van der Waals surface area contributed by atoms with Crippen LogP contribution in [-0.2, 0) is 16.1 Å². The molecule has 0 unspecified atom stereocenters. The van der Waals surface area contributed by atoms with Gasteiger partial charge in [0.1, 0.15) is 5.82 Å². The molecular formula is C26H24FN3O3S. The third-order valence-electron chi connectivity index (χ3n) is 5.39. The summed E-state index contributed by atoms with van der Waals surface area (Å²) in [4.78, 5) is 39.4. The van der Waals surface area contributed by atoms with Crippen LogP contribution in [0.15, 0.2) is 77.7 Å². The largest absolute Gasteiger partial charge is 0.348 e. The quantitative estimate of drug-likeness (QED) is 0.465. The van der Waals surface area contributed by atoms with Crippen LogP contribution in [0.2, 0.25) is 0 Å². The van der Waals surface area contributed by atoms with E-state index in [1.165, 1.54) is 36.0 Å². The first-order valence-corrected chi connectivity index (χ1v) is 11.9. The van der Waals surface area contributed by atoms with Gasteiger partial charge in [0, 0.05) is 35.8 Å². The topological polar surface area (TPSA) is 78.5 Å². The van der Waals surface area contributed by atoms with Crippen LogP contribution in [0, 0.1) is 5.82 Å². The number of carbonyl (C=O) groups excluding carboxylic acids is 3. The van der Waals surface area contributed by atoms with Crippen molar-refractivity contribution in [1.29, 1.82) is 0 Å². The van der Waals surface area contributed by atoms with E-state index in [4.69, 9.17) is 0 Å². The van der Waals surface area contributed by atoms with E-state index in [2.05, 4.69) is 10.6 Å². The molecule has 3 amide bonds. The smallest absolute Gasteiger partial charge is 0.252 e. The summed E-state index contributed by atoms with van der Waals surface area (Å²) in [6.07, 6.45) is 1.46. The SMILES string of the molecule is O=C(CSc1ccccc1C(=O)NCc1ccc(N2CCCC2=O)cc1)Nc1ccc(F)cc1. The number of carbonyl (C=O) groups is 3. The fourth-order valence-corrected chi connectivity index (χ4v) is 4.50. The first-order valence-electron chi connectivity index (χ1n) is 10.9. The summed E-state index contributed by atoms with van der Waals surface area (Å²) in [6.45, 7) is 1.09. The van der Waals surface area contributed by atoms with Crippen molar-refractivity contribution in [2.24, 2.45) is 0 Å². The Kier molecular flexibility index (Phi) is 7.59. The average Bonchev–Trinajstić information content (AvgIpc) is 3.29. The Morgan fingerprint density at radius 2 is 1.71 bits per heavy atom. The summed E-state index contributed by atoms with van der Waals surface area (Å²) in [5.41, 5.74) is 2.80. The second kappa shape index (κ2) is 11.0. The number of amides is 3. The molecule has 1 aliphatic heterocycles. The molecular weight excluding hydrogens is 453 g/mol. The molecule has 0 aliphatic carbocycles. The van der Waals surface area contributed by atoms with Gasteiger partial charge in [0.2, 0.25) is 11.8 Å². The fourth-order valence-electron chi connectivity index (χ4n) is 3.65. The number of thioether (sulfide) groups is 1. The molecule has 1 heterocycles. The number of nitrogens with zero attached hydrogens (tertiary/aromatic N) is 1. The van der Waals surface area contributed by atoms with Crippen LogP contribution in [-0.4, -0.2) is 30.0 Å². The Morgan fingerprint density at radius 3 is 2.41 bits per heavy atom. The summed E-state index contributed by atoms with van der Waals surface area (Å²) < 4.78 is 13.0. The van der Waals surface area contributed by atoms with E-state index < -0.39 is 0 Å². The number of benzene rings is 3. The van der Waals surface area contributed by atoms with Gasteiger partial charge in [-0.1, -0.05) is 24.3 Å². The maximum Gasteiger partial charge on any atom is 0.252 e. The van der Waals surface area contributed by atoms with Crippen molar-refractivity contribution in [3.63, 3.8) is 0 Å². The van der Waals surface area contributed by atoms with Crippen LogP contribution in [0.25, 0.3) is 0 Å². The number of anilines is 2. The van der Waals surface area contributed by atoms with E-state index >= 15 is 0 Å². The Balaban J connectivity index is 1.31. The van der Waals surface area contributed by atoms with Gasteiger partial charge < -0.3 is 15.5 Å². The highest BCUT2D eigenvalue weighted by Crippen LogP contribution is 2.24. The van der Waals surface area contributed by atoms with E-state index in [0.717, 1.165) is 24.2 Å². The molecule has 0 radical (unpaired) electrons. The molecule has 1 fully saturated rings. The van der Waals surface area contributed by atoms with Gasteiger partial charge in [-0.3, -0.25) is 14.4 Å². The molecule has 1 saturated heterocycles. The Bertz CT molecular complexity index is 1180. The molecule has 6 nitrogen and oxygen atoms in total. The molecule has 4 rings (SSSR count). The van der Waals surface area contributed by atoms with Crippen LogP contribution >= 0.6 is 11.8 Å². The molecule has 2 N–H and O–H groups in total. The third kappa shape index (κ3) is 6.02. The zero-order chi connectivity index (χ0) is 23.9. The molecule has 3 aromatic carbocycles. The number of hydrogen-bond acceptors (Lipinski definition) is 4. The summed E-state index contributed by atoms with van der Waals surface area (Å²) in [6, 6.07) is 20.3. The lowest BCUT2D eigenvalue weighted by molar-refractivity contribution is -0.117. The van der Waals surface area contributed by atoms with Crippen LogP contribution in [0.5, 0.6) is 0 Å². The van der Waals surface area contributed by atoms with E-state index in [0.29, 0.717) is 29.1 Å². The van der Waals surface area contributed by atoms with Gasteiger partial charge in [-0.2, -0.15) is 0 Å². The van der Waals surface area contributed by atoms with E-state index in [1.54, 1.807) is 23.1 Å². The third-order valence-corrected chi connectivity index (χ3v) is 6.47. The Hall–Kier alpha value is -3.65. The lowest BCUT2D eigenvalue weighted by atomic mass is 10.1. The van der Waals surface area contributed by atoms with Gasteiger partial charge in [-0.25, -0.2) is 4.39 Å². The standard InChI is InChI=1S/C26H24FN3O3S/c27-19-9-11-20(12-10-19)29-24(31)17-34-23-5-2-1-4-22(23)26(33)28-16-18-7-13-21(14-8-18)30-15-3-6-25(30)32/h1-2,4-5,7-14H,3,6,15-17H2,(H,28,33)(H,29,31). The maximum absolute atomic E-state index is 13.0. The summed E-state index contributed by atoms with van der Waals surface area (Å²) >= 11 is 1.26. The maximum atomic E-state index is 13.0. The van der Waals surface area contributed by atoms with Crippen LogP contribution in [0.1, 0.15) is 28.8 Å². The summed E-state index contributed by atoms with van der Waals surface area (Å²) in [7, 11) is 0. The lowest BCUT2D eigenvalue weighted by Crippen LogP contribution is -2.24. The molecule has 0 bridgehead atoms. The summed E-state index contributed by atoms with van der Waals surface area (Å²) in [5, 5.41) is 5.63. The number of rotatable bonds is 8. The van der Waals surface area contributed by atoms with Gasteiger partial charge in [-0.15, -0.1) is 11.8 Å². The van der Waals surface area contributed by atoms with Crippen molar-refractivity contribution in [2.75, 3.05) is 22.5 Å². The van der Waals surface area contributed by atoms with Crippen molar-refractivity contribution < 1.29 is 18.8 Å². The molecule has 3 aromatic rings. The van der Waals surface area contributed by atoms with Gasteiger partial charge in [0.15, 0.2) is 0 Å². The molecule has 0 spiro atoms. The normalized spacial score (nSPS) is 13.1. The highest BCUT2D eigenvalue weighted by atomic mass is 32.2. The highest BCUT2D eigenvalue weighted by Gasteiger charge is 2.21. The molecule has 34 heavy (non-hydrogen) atoms. The average molecular weight is 478 g/mol. The predicted octanol–water partition coefficient (Wildman–Crippen LogP) is 4.61. The van der Waals surface area contributed by atoms with Crippen molar-refractivity contribution in [3.05, 3.63) is 89.7 Å². The zero-order valence-electron chi connectivity index (χ0n) is 18.4. The molecule has 1 aliphatic rings. The Morgan fingerprint density at radius 1 is 0.971 bits per heavy atom. The lowest BCUT2D eigenvalue weighted by Gasteiger charge is -2.16. The van der Waals surface area contributed by atoms with E-state index in [9.17, 15) is 18.8 Å². The monoisotopic (exact) mass is 477 g/mol. The van der Waals surface area contributed by atoms with Crippen molar-refractivity contribution >= 4 is 40.9 Å². The first kappa shape index (κ1) is 23.5. The molecule has 8 heteroatoms. The second-order valence-electron chi connectivity index (χ2n) is 7.84. The van der Waals surface area contributed by atoms with Gasteiger partial charge in [0.05, 0.1) is 11.3 Å². The predicted molar refractivity (Wildman–Crippen MR) is 131 cm³/mol. The number of nitrogens with one attached hydrogen (secondary N) is 2. The van der Waals surface area contributed by atoms with Crippen molar-refractivity contribution in [1.82, 2.24) is 5.32 Å². The summed E-state index contributed by atoms with van der Waals surface area (Å²) in [5.74, 6) is -0.603. The fraction of sp³-hybridized carbons (Fsp3) is 0.192. The van der Waals surface area contributed by atoms with Gasteiger partial charge >= 0.3 is 0 Å². The van der Waals surface area contributed by atoms with Gasteiger partial charge in [-0.05, 0) is 60.5 Å². The molecule has 0 atom stereocenters. The van der Waals surface area contributed by atoms with E-state index in [1.807, 2.05) is 30.3 Å². The minimum atomic E-state index is -0.370. The molecule has 0 aromatic heterocycles. The highest BCUT2D eigenvalue weighted by molar-refractivity contribution is 8.00. The number of halogens is 1. The number of hydrogen-bond donors (Lipinski definition) is 2. The van der Waals surface area contributed by atoms with Crippen LogP contribution in [0.4, 0.5) is 15.8 Å². The minimum Gasteiger partial charge on any atom is -0.348 e. The van der Waals surface area contributed by atoms with Crippen molar-refractivity contribution in [3.8, 4) is 0 Å². The second-order valence-corrected chi connectivity index (χ2v) is 8.86. The minimum absolute atomic E-state index is 0.109. The molecule has 174 valence electrons. The van der Waals surface area contributed by atoms with E-state index in [-0.39, 0.29) is 29.3 Å². The van der Waals surface area contributed by atoms with Crippen molar-refractivity contribution in [2.45, 2.75) is 24.3 Å². The zero-order valence-corrected chi connectivity index (χ0v) is 19.2. The van der Waals surface area contributed by atoms with Gasteiger partial charge in [0.25, 0.3) is 5.91 Å².